The molecule has 0 aliphatic heterocycles. The summed E-state index contributed by atoms with van der Waals surface area (Å²) in [7, 11) is 0. The molecule has 0 spiro atoms. The highest BCUT2D eigenvalue weighted by molar-refractivity contribution is 9.10. The number of hydrogen-bond donors (Lipinski definition) is 0. The van der Waals surface area contributed by atoms with Crippen molar-refractivity contribution in [3.63, 3.8) is 0 Å². The normalized spacial score (nSPS) is 15.4. The molecule has 25 heavy (non-hydrogen) atoms. The number of fused-ring (bicyclic) bond motifs is 4. The highest BCUT2D eigenvalue weighted by Crippen LogP contribution is 2.37. The van der Waals surface area contributed by atoms with Gasteiger partial charge in [0.1, 0.15) is 0 Å². The number of hydrogen-bond acceptors (Lipinski definition) is 0. The summed E-state index contributed by atoms with van der Waals surface area (Å²) in [5.41, 5.74) is 5.41. The third-order valence-corrected chi connectivity index (χ3v) is 6.50. The van der Waals surface area contributed by atoms with Crippen LogP contribution in [0.15, 0.2) is 57.5 Å². The minimum atomic E-state index is -0.0175. The molecule has 0 aromatic heterocycles. The second kappa shape index (κ2) is 5.18. The lowest BCUT2D eigenvalue weighted by Crippen LogP contribution is -2.31. The Balaban J connectivity index is 1.92. The first-order chi connectivity index (χ1) is 11.9. The molecule has 122 valence electrons. The first kappa shape index (κ1) is 15.6. The molecule has 0 radical (unpaired) electrons. The Bertz CT molecular complexity index is 1280. The van der Waals surface area contributed by atoms with Gasteiger partial charge in [-0.05, 0) is 91.7 Å². The van der Waals surface area contributed by atoms with E-state index in [0.29, 0.717) is 0 Å². The van der Waals surface area contributed by atoms with E-state index in [9.17, 15) is 0 Å². The summed E-state index contributed by atoms with van der Waals surface area (Å²) in [5, 5.41) is 5.31. The maximum absolute atomic E-state index is 3.64. The number of rotatable bonds is 0. The third-order valence-electron chi connectivity index (χ3n) is 5.51. The Kier molecular flexibility index (Phi) is 3.24. The van der Waals surface area contributed by atoms with Crippen molar-refractivity contribution in [3.05, 3.63) is 101 Å². The van der Waals surface area contributed by atoms with Gasteiger partial charge in [-0.2, -0.15) is 0 Å². The van der Waals surface area contributed by atoms with Gasteiger partial charge in [-0.15, -0.1) is 0 Å². The van der Waals surface area contributed by atoms with Gasteiger partial charge in [0.05, 0.1) is 0 Å². The van der Waals surface area contributed by atoms with Crippen LogP contribution in [-0.2, 0) is 5.41 Å². The van der Waals surface area contributed by atoms with Crippen LogP contribution in [0.5, 0.6) is 0 Å². The summed E-state index contributed by atoms with van der Waals surface area (Å²) in [4.78, 5) is 0. The molecular weight excluding hydrogens is 436 g/mol. The Labute approximate surface area is 163 Å². The zero-order valence-electron chi connectivity index (χ0n) is 14.0. The lowest BCUT2D eigenvalue weighted by atomic mass is 9.72. The molecule has 0 saturated carbocycles. The monoisotopic (exact) mass is 450 g/mol. The van der Waals surface area contributed by atoms with Gasteiger partial charge in [0.2, 0.25) is 0 Å². The first-order valence-corrected chi connectivity index (χ1v) is 10.00. The molecule has 0 bridgehead atoms. The molecular formula is C23H16Br2. The summed E-state index contributed by atoms with van der Waals surface area (Å²) in [6.07, 6.45) is 4.63. The van der Waals surface area contributed by atoms with E-state index in [1.54, 1.807) is 0 Å². The Morgan fingerprint density at radius 3 is 2.20 bits per heavy atom. The van der Waals surface area contributed by atoms with Crippen molar-refractivity contribution in [1.29, 1.82) is 0 Å². The second-order valence-electron chi connectivity index (χ2n) is 7.40. The molecule has 2 aliphatic rings. The van der Waals surface area contributed by atoms with E-state index >= 15 is 0 Å². The van der Waals surface area contributed by atoms with Crippen molar-refractivity contribution in [2.24, 2.45) is 0 Å². The van der Waals surface area contributed by atoms with Crippen LogP contribution in [0.3, 0.4) is 0 Å². The van der Waals surface area contributed by atoms with Crippen LogP contribution in [0.25, 0.3) is 12.2 Å². The molecule has 0 atom stereocenters. The maximum atomic E-state index is 3.64. The fourth-order valence-corrected chi connectivity index (χ4v) is 4.96. The van der Waals surface area contributed by atoms with Crippen molar-refractivity contribution in [1.82, 2.24) is 0 Å². The second-order valence-corrected chi connectivity index (χ2v) is 9.23. The average Bonchev–Trinajstić information content (AvgIpc) is 2.91. The van der Waals surface area contributed by atoms with Crippen molar-refractivity contribution in [2.75, 3.05) is 0 Å². The zero-order valence-corrected chi connectivity index (χ0v) is 17.2. The third kappa shape index (κ3) is 2.24. The SMILES string of the molecule is CC1(C)c2cc(Br)ccc2C=c2cc3c(cc21)=c1ccc(Br)cc1=C3. The lowest BCUT2D eigenvalue weighted by Gasteiger charge is -2.32. The molecule has 5 rings (SSSR count). The van der Waals surface area contributed by atoms with Gasteiger partial charge in [-0.25, -0.2) is 0 Å². The summed E-state index contributed by atoms with van der Waals surface area (Å²) in [6, 6.07) is 17.9. The first-order valence-electron chi connectivity index (χ1n) is 8.41. The fourth-order valence-electron chi connectivity index (χ4n) is 4.22. The minimum Gasteiger partial charge on any atom is -0.0535 e. The van der Waals surface area contributed by atoms with Crippen LogP contribution in [-0.4, -0.2) is 0 Å². The van der Waals surface area contributed by atoms with Gasteiger partial charge in [0.25, 0.3) is 0 Å². The molecule has 2 heteroatoms. The van der Waals surface area contributed by atoms with E-state index in [1.165, 1.54) is 43.1 Å². The van der Waals surface area contributed by atoms with Crippen LogP contribution >= 0.6 is 31.9 Å². The van der Waals surface area contributed by atoms with E-state index < -0.39 is 0 Å². The van der Waals surface area contributed by atoms with Crippen LogP contribution in [0.1, 0.15) is 36.1 Å². The Hall–Kier alpha value is -1.64. The molecule has 2 aliphatic carbocycles. The molecule has 3 aromatic rings. The van der Waals surface area contributed by atoms with Crippen LogP contribution in [0.2, 0.25) is 0 Å². The quantitative estimate of drug-likeness (QED) is 0.348. The molecule has 0 N–H and O–H groups in total. The van der Waals surface area contributed by atoms with E-state index in [1.807, 2.05) is 0 Å². The fraction of sp³-hybridized carbons (Fsp3) is 0.130. The van der Waals surface area contributed by atoms with Crippen molar-refractivity contribution < 1.29 is 0 Å². The molecule has 0 amide bonds. The van der Waals surface area contributed by atoms with Gasteiger partial charge in [-0.1, -0.05) is 57.8 Å². The molecule has 0 heterocycles. The topological polar surface area (TPSA) is 0 Å². The van der Waals surface area contributed by atoms with Crippen molar-refractivity contribution in [2.45, 2.75) is 19.3 Å². The van der Waals surface area contributed by atoms with Gasteiger partial charge in [0.15, 0.2) is 0 Å². The highest BCUT2D eigenvalue weighted by Gasteiger charge is 2.30. The highest BCUT2D eigenvalue weighted by atomic mass is 79.9. The van der Waals surface area contributed by atoms with Crippen molar-refractivity contribution in [3.8, 4) is 0 Å². The van der Waals surface area contributed by atoms with Gasteiger partial charge in [-0.3, -0.25) is 0 Å². The lowest BCUT2D eigenvalue weighted by molar-refractivity contribution is 0.629. The average molecular weight is 452 g/mol. The molecule has 3 aromatic carbocycles. The van der Waals surface area contributed by atoms with Crippen LogP contribution in [0, 0.1) is 10.4 Å². The van der Waals surface area contributed by atoms with Gasteiger partial charge < -0.3 is 0 Å². The predicted octanol–water partition coefficient (Wildman–Crippen LogP) is 5.11. The number of halogens is 2. The summed E-state index contributed by atoms with van der Waals surface area (Å²) < 4.78 is 2.27. The smallest absolute Gasteiger partial charge is 0.0181 e. The Morgan fingerprint density at radius 2 is 1.36 bits per heavy atom. The van der Waals surface area contributed by atoms with Gasteiger partial charge >= 0.3 is 0 Å². The summed E-state index contributed by atoms with van der Waals surface area (Å²) >= 11 is 7.23. The Morgan fingerprint density at radius 1 is 0.640 bits per heavy atom. The minimum absolute atomic E-state index is 0.0175. The van der Waals surface area contributed by atoms with E-state index in [2.05, 4.69) is 106 Å². The standard InChI is InChI=1S/C23H16Br2/c1-23(2)21-11-18(25)4-3-13(21)7-16-9-14-8-15-10-17(24)5-6-19(15)20(14)12-22(16)23/h3-12H,1-2H3. The largest absolute Gasteiger partial charge is 0.0535 e. The summed E-state index contributed by atoms with van der Waals surface area (Å²) in [5.74, 6) is 0. The van der Waals surface area contributed by atoms with E-state index in [0.717, 1.165) is 8.95 Å². The van der Waals surface area contributed by atoms with Crippen LogP contribution < -0.4 is 10.4 Å². The maximum Gasteiger partial charge on any atom is 0.0181 e. The van der Waals surface area contributed by atoms with E-state index in [-0.39, 0.29) is 5.41 Å². The summed E-state index contributed by atoms with van der Waals surface area (Å²) in [6.45, 7) is 4.66. The molecule has 0 saturated heterocycles. The van der Waals surface area contributed by atoms with Crippen LogP contribution in [0.4, 0.5) is 0 Å². The zero-order chi connectivity index (χ0) is 17.3. The number of benzene rings is 3. The predicted molar refractivity (Wildman–Crippen MR) is 111 cm³/mol. The molecule has 0 nitrogen and oxygen atoms in total. The molecule has 0 unspecified atom stereocenters. The van der Waals surface area contributed by atoms with Crippen molar-refractivity contribution >= 4 is 44.0 Å². The molecule has 0 fully saturated rings. The van der Waals surface area contributed by atoms with Gasteiger partial charge in [0, 0.05) is 14.4 Å². The van der Waals surface area contributed by atoms with E-state index in [4.69, 9.17) is 0 Å².